The largest absolute Gasteiger partial charge is 0.481 e. The molecule has 1 saturated heterocycles. The molecule has 2 heterocycles. The van der Waals surface area contributed by atoms with Gasteiger partial charge in [0.2, 0.25) is 11.8 Å². The molecule has 1 unspecified atom stereocenters. The maximum absolute atomic E-state index is 13.7. The molecule has 1 fully saturated rings. The number of carbonyl (C=O) groups excluding carboxylic acids is 3. The number of nitrogens with zero attached hydrogens (tertiary/aromatic N) is 5. The molecule has 0 spiro atoms. The van der Waals surface area contributed by atoms with Gasteiger partial charge in [-0.2, -0.15) is 0 Å². The van der Waals surface area contributed by atoms with Gasteiger partial charge in [-0.05, 0) is 87.8 Å². The molecule has 3 rings (SSSR count). The third-order valence-electron chi connectivity index (χ3n) is 8.39. The van der Waals surface area contributed by atoms with Gasteiger partial charge in [0.25, 0.3) is 0 Å². The Morgan fingerprint density at radius 1 is 0.918 bits per heavy atom. The first kappa shape index (κ1) is 38.4. The average molecular weight is 706 g/mol. The molecule has 1 aromatic heterocycles. The predicted molar refractivity (Wildman–Crippen MR) is 176 cm³/mol. The maximum Gasteiger partial charge on any atom is 0.335 e. The number of benzene rings is 1. The monoisotopic (exact) mass is 705 g/mol. The highest BCUT2D eigenvalue weighted by Gasteiger charge is 2.59. The number of hydrogen-bond acceptors (Lipinski definition) is 9. The lowest BCUT2D eigenvalue weighted by Crippen LogP contribution is -2.70. The van der Waals surface area contributed by atoms with Crippen molar-refractivity contribution in [2.75, 3.05) is 18.5 Å². The Labute approximate surface area is 286 Å². The number of alkyl halides is 1. The van der Waals surface area contributed by atoms with Crippen LogP contribution in [0.1, 0.15) is 70.9 Å². The zero-order valence-corrected chi connectivity index (χ0v) is 27.9. The molecule has 1 aliphatic rings. The molecule has 0 aliphatic carbocycles. The van der Waals surface area contributed by atoms with Crippen LogP contribution in [0.3, 0.4) is 0 Å². The molecule has 1 aliphatic heterocycles. The molecule has 2 atom stereocenters. The SMILES string of the molecule is CCC1(CC)C(=O)N(C(CCC(=O)O)C(=O)O)C(=O)N([C@@H](CCCCNC(=S)Nc2ccc(-n3cc(CCCF)nn3)cc2)C(=O)O)C1=O. The predicted octanol–water partition coefficient (Wildman–Crippen LogP) is 2.99. The van der Waals surface area contributed by atoms with Gasteiger partial charge in [-0.15, -0.1) is 5.10 Å². The van der Waals surface area contributed by atoms with Gasteiger partial charge >= 0.3 is 23.9 Å². The number of aryl methyl sites for hydroxylation is 1. The minimum atomic E-state index is -1.92. The lowest BCUT2D eigenvalue weighted by Gasteiger charge is -2.46. The maximum atomic E-state index is 13.7. The van der Waals surface area contributed by atoms with Crippen molar-refractivity contribution in [3.05, 3.63) is 36.2 Å². The number of aromatic nitrogens is 3. The molecule has 0 saturated carbocycles. The highest BCUT2D eigenvalue weighted by Crippen LogP contribution is 2.39. The second kappa shape index (κ2) is 17.4. The van der Waals surface area contributed by atoms with Crippen LogP contribution in [-0.2, 0) is 30.4 Å². The second-order valence-electron chi connectivity index (χ2n) is 11.4. The fourth-order valence-corrected chi connectivity index (χ4v) is 5.78. The fourth-order valence-electron chi connectivity index (χ4n) is 5.56. The molecule has 1 aromatic carbocycles. The third-order valence-corrected chi connectivity index (χ3v) is 8.63. The van der Waals surface area contributed by atoms with Gasteiger partial charge in [0, 0.05) is 18.7 Å². The highest BCUT2D eigenvalue weighted by atomic mass is 32.1. The Morgan fingerprint density at radius 2 is 1.51 bits per heavy atom. The van der Waals surface area contributed by atoms with Crippen LogP contribution in [0.5, 0.6) is 0 Å². The summed E-state index contributed by atoms with van der Waals surface area (Å²) in [6, 6.07) is 2.09. The van der Waals surface area contributed by atoms with E-state index in [2.05, 4.69) is 20.9 Å². The number of urea groups is 1. The van der Waals surface area contributed by atoms with E-state index in [4.69, 9.17) is 17.3 Å². The van der Waals surface area contributed by atoms with Crippen LogP contribution < -0.4 is 10.6 Å². The number of thiocarbonyl (C=S) groups is 1. The zero-order chi connectivity index (χ0) is 36.3. The number of amides is 4. The number of barbiturate groups is 1. The van der Waals surface area contributed by atoms with Crippen LogP contribution in [0.15, 0.2) is 30.5 Å². The Hall–Kier alpha value is -5.00. The van der Waals surface area contributed by atoms with E-state index in [1.165, 1.54) is 13.8 Å². The van der Waals surface area contributed by atoms with Crippen molar-refractivity contribution in [2.24, 2.45) is 5.41 Å². The molecule has 49 heavy (non-hydrogen) atoms. The first-order chi connectivity index (χ1) is 23.3. The number of aliphatic carboxylic acids is 3. The van der Waals surface area contributed by atoms with E-state index < -0.39 is 72.8 Å². The van der Waals surface area contributed by atoms with Crippen molar-refractivity contribution in [1.29, 1.82) is 0 Å². The van der Waals surface area contributed by atoms with Gasteiger partial charge in [-0.3, -0.25) is 18.8 Å². The van der Waals surface area contributed by atoms with E-state index in [0.717, 1.165) is 5.69 Å². The fraction of sp³-hybridized carbons (Fsp3) is 0.516. The summed E-state index contributed by atoms with van der Waals surface area (Å²) in [6.07, 6.45) is 1.36. The van der Waals surface area contributed by atoms with Crippen molar-refractivity contribution in [3.8, 4) is 5.69 Å². The number of carbonyl (C=O) groups is 6. The summed E-state index contributed by atoms with van der Waals surface area (Å²) in [7, 11) is 0. The van der Waals surface area contributed by atoms with Crippen LogP contribution in [0.4, 0.5) is 14.9 Å². The van der Waals surface area contributed by atoms with Crippen LogP contribution in [0.25, 0.3) is 5.69 Å². The van der Waals surface area contributed by atoms with Gasteiger partial charge < -0.3 is 26.0 Å². The number of anilines is 1. The van der Waals surface area contributed by atoms with Crippen LogP contribution in [0, 0.1) is 5.41 Å². The summed E-state index contributed by atoms with van der Waals surface area (Å²) in [5.74, 6) is -6.67. The van der Waals surface area contributed by atoms with Crippen LogP contribution in [-0.4, -0.2) is 106 Å². The number of nitrogens with one attached hydrogen (secondary N) is 2. The molecule has 4 amide bonds. The molecule has 0 radical (unpaired) electrons. The van der Waals surface area contributed by atoms with E-state index in [9.17, 15) is 43.4 Å². The Kier molecular flexibility index (Phi) is 13.7. The molecule has 16 nitrogen and oxygen atoms in total. The van der Waals surface area contributed by atoms with Gasteiger partial charge in [-0.25, -0.2) is 28.9 Å². The number of carboxylic acids is 3. The van der Waals surface area contributed by atoms with Gasteiger partial charge in [-0.1, -0.05) is 19.1 Å². The first-order valence-electron chi connectivity index (χ1n) is 15.8. The number of carboxylic acid groups (broad SMARTS) is 3. The summed E-state index contributed by atoms with van der Waals surface area (Å²) in [6.45, 7) is 2.86. The molecule has 18 heteroatoms. The minimum Gasteiger partial charge on any atom is -0.481 e. The Balaban J connectivity index is 1.63. The normalized spacial score (nSPS) is 15.5. The third kappa shape index (κ3) is 9.13. The van der Waals surface area contributed by atoms with Crippen molar-refractivity contribution >= 4 is 58.8 Å². The number of unbranched alkanes of at least 4 members (excludes halogenated alkanes) is 1. The van der Waals surface area contributed by atoms with Gasteiger partial charge in [0.05, 0.1) is 24.3 Å². The summed E-state index contributed by atoms with van der Waals surface area (Å²) in [5.41, 5.74) is 0.193. The van der Waals surface area contributed by atoms with Crippen LogP contribution in [0.2, 0.25) is 0 Å². The quantitative estimate of drug-likeness (QED) is 0.0805. The van der Waals surface area contributed by atoms with Crippen molar-refractivity contribution in [2.45, 2.75) is 83.7 Å². The second-order valence-corrected chi connectivity index (χ2v) is 11.8. The summed E-state index contributed by atoms with van der Waals surface area (Å²) in [4.78, 5) is 77.2. The van der Waals surface area contributed by atoms with Crippen LogP contribution >= 0.6 is 12.2 Å². The van der Waals surface area contributed by atoms with Crippen molar-refractivity contribution in [3.63, 3.8) is 0 Å². The minimum absolute atomic E-state index is 0.140. The van der Waals surface area contributed by atoms with E-state index in [1.807, 2.05) is 0 Å². The highest BCUT2D eigenvalue weighted by molar-refractivity contribution is 7.80. The summed E-state index contributed by atoms with van der Waals surface area (Å²) < 4.78 is 14.0. The molecule has 266 valence electrons. The molecule has 5 N–H and O–H groups in total. The summed E-state index contributed by atoms with van der Waals surface area (Å²) >= 11 is 5.35. The van der Waals surface area contributed by atoms with E-state index in [0.29, 0.717) is 47.0 Å². The van der Waals surface area contributed by atoms with Gasteiger partial charge in [0.15, 0.2) is 5.11 Å². The standard InChI is InChI=1S/C31H40FN7O9S/c1-3-31(4-2)27(46)38(30(48)39(28(31)47)23(26(44)45)14-15-24(40)41)22(25(42)43)9-5-6-17-33-29(49)34-19-10-12-21(13-11-19)37-18-20(35-36-37)8-7-16-32/h10-13,18,22-23H,3-9,14-17H2,1-2H3,(H,40,41)(H,42,43)(H,44,45)(H2,33,34,49)/t22-,23?/m0/s1. The lowest BCUT2D eigenvalue weighted by atomic mass is 9.77. The summed E-state index contributed by atoms with van der Waals surface area (Å²) in [5, 5.41) is 43.4. The average Bonchev–Trinajstić information content (AvgIpc) is 3.54. The molecule has 0 bridgehead atoms. The van der Waals surface area contributed by atoms with E-state index in [1.54, 1.807) is 35.1 Å². The number of halogens is 1. The van der Waals surface area contributed by atoms with E-state index in [-0.39, 0.29) is 30.8 Å². The Bertz CT molecular complexity index is 1550. The number of hydrogen-bond donors (Lipinski definition) is 5. The van der Waals surface area contributed by atoms with Gasteiger partial charge in [0.1, 0.15) is 17.5 Å². The first-order valence-corrected chi connectivity index (χ1v) is 16.2. The molecule has 2 aromatic rings. The van der Waals surface area contributed by atoms with Crippen molar-refractivity contribution in [1.82, 2.24) is 30.1 Å². The molecular weight excluding hydrogens is 665 g/mol. The zero-order valence-electron chi connectivity index (χ0n) is 27.1. The lowest BCUT2D eigenvalue weighted by molar-refractivity contribution is -0.170. The Morgan fingerprint density at radius 3 is 2.04 bits per heavy atom. The number of imide groups is 2. The van der Waals surface area contributed by atoms with Crippen molar-refractivity contribution < 1.29 is 48.5 Å². The molecular formula is C31H40FN7O9S. The topological polar surface area (TPSA) is 224 Å². The smallest absolute Gasteiger partial charge is 0.335 e. The number of rotatable bonds is 19. The van der Waals surface area contributed by atoms with E-state index >= 15 is 0 Å².